The maximum absolute atomic E-state index is 12.0. The van der Waals surface area contributed by atoms with Crippen LogP contribution in [-0.4, -0.2) is 77.7 Å². The quantitative estimate of drug-likeness (QED) is 0.737. The van der Waals surface area contributed by atoms with E-state index in [4.69, 9.17) is 0 Å². The summed E-state index contributed by atoms with van der Waals surface area (Å²) in [6, 6.07) is -0.636. The number of aliphatic hydroxyl groups is 2. The number of hydrogen-bond acceptors (Lipinski definition) is 5. The van der Waals surface area contributed by atoms with E-state index in [1.54, 1.807) is 0 Å². The molecular formula is C9H20N2O5P2. The predicted octanol–water partition coefficient (Wildman–Crippen LogP) is 0.521. The number of rotatable bonds is 4. The lowest BCUT2D eigenvalue weighted by Crippen LogP contribution is -2.37. The zero-order chi connectivity index (χ0) is 14.3. The van der Waals surface area contributed by atoms with E-state index >= 15 is 0 Å². The number of nitrogens with zero attached hydrogens (tertiary/aromatic N) is 2. The number of urea groups is 1. The first kappa shape index (κ1) is 15.7. The molecule has 0 spiro atoms. The molecular weight excluding hydrogens is 278 g/mol. The Bertz CT molecular complexity index is 391. The fourth-order valence-electron chi connectivity index (χ4n) is 1.74. The van der Waals surface area contributed by atoms with Crippen molar-refractivity contribution in [3.05, 3.63) is 0 Å². The smallest absolute Gasteiger partial charge is 0.325 e. The maximum Gasteiger partial charge on any atom is 0.325 e. The predicted molar refractivity (Wildman–Crippen MR) is 69.7 cm³/mol. The van der Waals surface area contributed by atoms with E-state index < -0.39 is 32.8 Å². The van der Waals surface area contributed by atoms with Crippen molar-refractivity contribution in [1.82, 2.24) is 9.80 Å². The molecule has 0 bridgehead atoms. The number of amides is 2. The van der Waals surface area contributed by atoms with Crippen LogP contribution >= 0.6 is 14.3 Å². The topological polar surface area (TPSA) is 98.2 Å². The molecule has 2 N–H and O–H groups in total. The van der Waals surface area contributed by atoms with Crippen molar-refractivity contribution in [1.29, 1.82) is 0 Å². The molecule has 106 valence electrons. The molecule has 2 amide bonds. The molecule has 0 aromatic rings. The van der Waals surface area contributed by atoms with Crippen LogP contribution in [0, 0.1) is 0 Å². The molecule has 18 heavy (non-hydrogen) atoms. The van der Waals surface area contributed by atoms with Gasteiger partial charge in [0.2, 0.25) is 0 Å². The summed E-state index contributed by atoms with van der Waals surface area (Å²) in [6.45, 7) is 5.97. The van der Waals surface area contributed by atoms with Crippen LogP contribution in [0.5, 0.6) is 0 Å². The van der Waals surface area contributed by atoms with Crippen LogP contribution in [0.25, 0.3) is 0 Å². The van der Waals surface area contributed by atoms with Gasteiger partial charge in [-0.05, 0) is 26.7 Å². The zero-order valence-electron chi connectivity index (χ0n) is 11.0. The van der Waals surface area contributed by atoms with Crippen molar-refractivity contribution in [2.75, 3.05) is 39.2 Å². The second kappa shape index (κ2) is 4.97. The summed E-state index contributed by atoms with van der Waals surface area (Å²) in [4.78, 5) is 13.9. The molecule has 7 nitrogen and oxygen atoms in total. The van der Waals surface area contributed by atoms with Gasteiger partial charge in [-0.25, -0.2) is 4.79 Å². The van der Waals surface area contributed by atoms with Crippen molar-refractivity contribution in [2.24, 2.45) is 0 Å². The van der Waals surface area contributed by atoms with Crippen LogP contribution in [0.15, 0.2) is 0 Å². The second-order valence-electron chi connectivity index (χ2n) is 5.48. The SMILES string of the molecule is CP(C)(=O)CN1C(=O)N(CP(C)(C)=O)C(O)C1O. The molecule has 0 saturated carbocycles. The van der Waals surface area contributed by atoms with Gasteiger partial charge in [-0.3, -0.25) is 9.80 Å². The minimum Gasteiger partial charge on any atom is -0.369 e. The molecule has 2 atom stereocenters. The molecule has 1 rings (SSSR count). The lowest BCUT2D eigenvalue weighted by molar-refractivity contribution is -0.0587. The zero-order valence-corrected chi connectivity index (χ0v) is 12.8. The summed E-state index contributed by atoms with van der Waals surface area (Å²) in [5.41, 5.74) is 0. The summed E-state index contributed by atoms with van der Waals surface area (Å²) in [5, 5.41) is 19.5. The number of carbonyl (C=O) groups is 1. The highest BCUT2D eigenvalue weighted by molar-refractivity contribution is 7.62. The monoisotopic (exact) mass is 298 g/mol. The van der Waals surface area contributed by atoms with E-state index in [1.165, 1.54) is 26.7 Å². The van der Waals surface area contributed by atoms with Crippen LogP contribution in [-0.2, 0) is 9.13 Å². The van der Waals surface area contributed by atoms with Gasteiger partial charge >= 0.3 is 6.03 Å². The average molecular weight is 298 g/mol. The van der Waals surface area contributed by atoms with Crippen LogP contribution in [0.4, 0.5) is 4.79 Å². The summed E-state index contributed by atoms with van der Waals surface area (Å²) in [6.07, 6.45) is -3.09. The van der Waals surface area contributed by atoms with Gasteiger partial charge in [-0.1, -0.05) is 0 Å². The van der Waals surface area contributed by atoms with Crippen molar-refractivity contribution in [3.8, 4) is 0 Å². The van der Waals surface area contributed by atoms with Crippen LogP contribution in [0.3, 0.4) is 0 Å². The standard InChI is InChI=1S/C9H20N2O5P2/c1-17(2,15)5-10-7(12)8(13)11(9(10)14)6-18(3,4)16/h7-8,12-13H,5-6H2,1-4H3. The van der Waals surface area contributed by atoms with Crippen LogP contribution in [0.1, 0.15) is 0 Å². The Hall–Kier alpha value is -0.350. The molecule has 0 aliphatic carbocycles. The first-order chi connectivity index (χ1) is 7.92. The third-order valence-electron chi connectivity index (χ3n) is 2.38. The Balaban J connectivity index is 2.90. The highest BCUT2D eigenvalue weighted by Gasteiger charge is 2.46. The third kappa shape index (κ3) is 3.82. The lowest BCUT2D eigenvalue weighted by Gasteiger charge is -2.21. The van der Waals surface area contributed by atoms with Crippen molar-refractivity contribution >= 4 is 20.3 Å². The third-order valence-corrected chi connectivity index (χ3v) is 4.35. The highest BCUT2D eigenvalue weighted by atomic mass is 31.2. The summed E-state index contributed by atoms with van der Waals surface area (Å²) in [7, 11) is -5.11. The van der Waals surface area contributed by atoms with E-state index in [2.05, 4.69) is 0 Å². The van der Waals surface area contributed by atoms with Gasteiger partial charge in [0.1, 0.15) is 14.3 Å². The summed E-state index contributed by atoms with van der Waals surface area (Å²) >= 11 is 0. The molecule has 0 aromatic heterocycles. The van der Waals surface area contributed by atoms with Gasteiger partial charge in [-0.15, -0.1) is 0 Å². The second-order valence-corrected chi connectivity index (χ2v) is 12.3. The van der Waals surface area contributed by atoms with Crippen molar-refractivity contribution in [3.63, 3.8) is 0 Å². The highest BCUT2D eigenvalue weighted by Crippen LogP contribution is 2.42. The van der Waals surface area contributed by atoms with Gasteiger partial charge in [0, 0.05) is 0 Å². The van der Waals surface area contributed by atoms with Gasteiger partial charge in [0.25, 0.3) is 0 Å². The summed E-state index contributed by atoms with van der Waals surface area (Å²) < 4.78 is 23.4. The van der Waals surface area contributed by atoms with Crippen molar-refractivity contribution < 1.29 is 24.1 Å². The molecule has 1 heterocycles. The van der Waals surface area contributed by atoms with E-state index in [9.17, 15) is 24.1 Å². The van der Waals surface area contributed by atoms with Gasteiger partial charge in [-0.2, -0.15) is 0 Å². The molecule has 1 fully saturated rings. The Morgan fingerprint density at radius 1 is 0.944 bits per heavy atom. The van der Waals surface area contributed by atoms with Gasteiger partial charge < -0.3 is 19.3 Å². The molecule has 1 saturated heterocycles. The molecule has 0 aromatic carbocycles. The average Bonchev–Trinajstić information content (AvgIpc) is 2.31. The molecule has 1 aliphatic heterocycles. The minimum atomic E-state index is -2.56. The van der Waals surface area contributed by atoms with Crippen molar-refractivity contribution in [2.45, 2.75) is 12.5 Å². The van der Waals surface area contributed by atoms with E-state index in [-0.39, 0.29) is 12.6 Å². The van der Waals surface area contributed by atoms with Gasteiger partial charge in [0.05, 0.1) is 12.6 Å². The normalized spacial score (nSPS) is 26.0. The summed E-state index contributed by atoms with van der Waals surface area (Å²) in [5.74, 6) is 0. The Labute approximate surface area is 107 Å². The molecule has 2 unspecified atom stereocenters. The number of aliphatic hydroxyl groups excluding tert-OH is 2. The first-order valence-corrected chi connectivity index (χ1v) is 11.0. The van der Waals surface area contributed by atoms with E-state index in [1.807, 2.05) is 0 Å². The molecule has 0 radical (unpaired) electrons. The lowest BCUT2D eigenvalue weighted by atomic mass is 10.5. The first-order valence-electron chi connectivity index (χ1n) is 5.44. The fraction of sp³-hybridized carbons (Fsp3) is 0.889. The maximum atomic E-state index is 12.0. The Morgan fingerprint density at radius 3 is 1.44 bits per heavy atom. The van der Waals surface area contributed by atoms with E-state index in [0.29, 0.717) is 0 Å². The molecule has 1 aliphatic rings. The van der Waals surface area contributed by atoms with Crippen LogP contribution < -0.4 is 0 Å². The van der Waals surface area contributed by atoms with Crippen LogP contribution in [0.2, 0.25) is 0 Å². The van der Waals surface area contributed by atoms with Gasteiger partial charge in [0.15, 0.2) is 12.5 Å². The Kier molecular flexibility index (Phi) is 4.34. The molecule has 9 heteroatoms. The largest absolute Gasteiger partial charge is 0.369 e. The minimum absolute atomic E-state index is 0.113. The number of carbonyl (C=O) groups excluding carboxylic acids is 1. The van der Waals surface area contributed by atoms with E-state index in [0.717, 1.165) is 9.80 Å². The fourth-order valence-corrected chi connectivity index (χ4v) is 3.78. The number of hydrogen-bond donors (Lipinski definition) is 2. The Morgan fingerprint density at radius 2 is 1.22 bits per heavy atom.